The van der Waals surface area contributed by atoms with Crippen molar-refractivity contribution < 1.29 is 25.5 Å². The smallest absolute Gasteiger partial charge is 0.0764 e. The van der Waals surface area contributed by atoms with E-state index in [1.165, 1.54) is 39.0 Å². The van der Waals surface area contributed by atoms with E-state index in [1.807, 2.05) is 12.2 Å². The zero-order valence-electron chi connectivity index (χ0n) is 15.0. The monoisotopic (exact) mass is 517 g/mol. The normalized spacial score (nSPS) is 25.4. The number of fused-ring (bicyclic) bond motifs is 1. The Bertz CT molecular complexity index is 857. The second-order valence-electron chi connectivity index (χ2n) is 7.18. The third-order valence-electron chi connectivity index (χ3n) is 5.45. The van der Waals surface area contributed by atoms with Crippen LogP contribution in [0, 0.1) is 0 Å². The van der Waals surface area contributed by atoms with Crippen LogP contribution < -0.4 is 0 Å². The van der Waals surface area contributed by atoms with Gasteiger partial charge in [-0.3, -0.25) is 0 Å². The van der Waals surface area contributed by atoms with E-state index in [1.54, 1.807) is 0 Å². The van der Waals surface area contributed by atoms with E-state index in [4.69, 9.17) is 5.73 Å². The number of allylic oxidation sites excluding steroid dienone is 7. The Hall–Kier alpha value is -1.50. The Kier molecular flexibility index (Phi) is 5.95. The molecule has 0 aromatic heterocycles. The third kappa shape index (κ3) is 3.50. The van der Waals surface area contributed by atoms with Crippen LogP contribution >= 0.6 is 0 Å². The molecule has 0 bridgehead atoms. The molecule has 0 heterocycles. The fourth-order valence-corrected chi connectivity index (χ4v) is 4.13. The van der Waals surface area contributed by atoms with Crippen LogP contribution in [0.2, 0.25) is 0 Å². The summed E-state index contributed by atoms with van der Waals surface area (Å²) in [5.74, 6) is 0.561. The maximum atomic E-state index is 10.1. The van der Waals surface area contributed by atoms with Crippen LogP contribution in [0.15, 0.2) is 76.9 Å². The van der Waals surface area contributed by atoms with Crippen molar-refractivity contribution in [1.29, 1.82) is 0 Å². The predicted molar refractivity (Wildman–Crippen MR) is 104 cm³/mol. The van der Waals surface area contributed by atoms with Crippen molar-refractivity contribution in [1.82, 2.24) is 0 Å². The number of hydrogen-bond acceptors (Lipinski definition) is 1. The minimum atomic E-state index is -0.404. The van der Waals surface area contributed by atoms with Crippen molar-refractivity contribution in [2.75, 3.05) is 6.54 Å². The number of rotatable bonds is 3. The Morgan fingerprint density at radius 3 is 2.88 bits per heavy atom. The van der Waals surface area contributed by atoms with E-state index in [9.17, 15) is 5.11 Å². The number of nitrogens with one attached hydrogen (secondary N) is 1. The molecule has 1 aromatic rings. The van der Waals surface area contributed by atoms with Crippen LogP contribution in [0.3, 0.4) is 0 Å². The van der Waals surface area contributed by atoms with E-state index in [0.29, 0.717) is 18.9 Å². The van der Waals surface area contributed by atoms with Crippen molar-refractivity contribution in [3.63, 3.8) is 0 Å². The van der Waals surface area contributed by atoms with Crippen molar-refractivity contribution in [2.45, 2.75) is 38.2 Å². The summed E-state index contributed by atoms with van der Waals surface area (Å²) in [7, 11) is 0. The molecule has 0 amide bonds. The van der Waals surface area contributed by atoms with Gasteiger partial charge >= 0.3 is 0 Å². The summed E-state index contributed by atoms with van der Waals surface area (Å²) in [5, 5.41) is 10.1. The molecule has 2 nitrogen and oxygen atoms in total. The molecule has 4 rings (SSSR count). The summed E-state index contributed by atoms with van der Waals surface area (Å²) in [5.41, 5.74) is 16.5. The summed E-state index contributed by atoms with van der Waals surface area (Å²) in [6, 6.07) is 8.68. The molecule has 0 saturated carbocycles. The van der Waals surface area contributed by atoms with Crippen molar-refractivity contribution in [3.8, 4) is 0 Å². The summed E-state index contributed by atoms with van der Waals surface area (Å²) >= 11 is 0. The molecular weight excluding hydrogens is 492 g/mol. The first-order valence-corrected chi connectivity index (χ1v) is 9.14. The molecule has 0 saturated heterocycles. The largest absolute Gasteiger partial charge is 0.677 e. The van der Waals surface area contributed by atoms with Gasteiger partial charge < -0.3 is 10.8 Å². The number of aliphatic hydroxyl groups excluding tert-OH is 1. The zero-order valence-corrected chi connectivity index (χ0v) is 17.7. The maximum Gasteiger partial charge on any atom is 0.0764 e. The zero-order chi connectivity index (χ0) is 17.4. The molecule has 135 valence electrons. The first-order valence-electron chi connectivity index (χ1n) is 9.14. The quantitative estimate of drug-likeness (QED) is 0.567. The van der Waals surface area contributed by atoms with Crippen molar-refractivity contribution >= 4 is 5.57 Å². The van der Waals surface area contributed by atoms with Gasteiger partial charge in [0, 0.05) is 26.8 Å². The van der Waals surface area contributed by atoms with Gasteiger partial charge in [0.15, 0.2) is 0 Å². The van der Waals surface area contributed by atoms with Crippen LogP contribution in [-0.2, 0) is 20.4 Å². The first kappa shape index (κ1) is 19.3. The Morgan fingerprint density at radius 1 is 1.27 bits per heavy atom. The second-order valence-corrected chi connectivity index (χ2v) is 7.18. The summed E-state index contributed by atoms with van der Waals surface area (Å²) < 4.78 is 0. The average Bonchev–Trinajstić information content (AvgIpc) is 2.95. The SMILES string of the molecule is CC1CC=C(/C=C2\C=C(CC[NH-])C3=C2CC(O)C=C3)c2ccccc21.[Re]. The van der Waals surface area contributed by atoms with E-state index in [2.05, 4.69) is 49.4 Å². The van der Waals surface area contributed by atoms with E-state index >= 15 is 0 Å². The molecule has 3 aliphatic rings. The van der Waals surface area contributed by atoms with Gasteiger partial charge in [0.2, 0.25) is 0 Å². The van der Waals surface area contributed by atoms with E-state index in [-0.39, 0.29) is 20.4 Å². The molecule has 26 heavy (non-hydrogen) atoms. The van der Waals surface area contributed by atoms with Crippen molar-refractivity contribution in [2.24, 2.45) is 0 Å². The Morgan fingerprint density at radius 2 is 2.08 bits per heavy atom. The summed E-state index contributed by atoms with van der Waals surface area (Å²) in [6.45, 7) is 2.68. The van der Waals surface area contributed by atoms with Crippen LogP contribution in [0.4, 0.5) is 0 Å². The minimum absolute atomic E-state index is 0. The van der Waals surface area contributed by atoms with Gasteiger partial charge in [-0.05, 0) is 63.8 Å². The second kappa shape index (κ2) is 8.03. The molecule has 2 N–H and O–H groups in total. The summed E-state index contributed by atoms with van der Waals surface area (Å²) in [6.07, 6.45) is 12.8. The summed E-state index contributed by atoms with van der Waals surface area (Å²) in [4.78, 5) is 0. The molecule has 1 aromatic carbocycles. The Labute approximate surface area is 169 Å². The average molecular weight is 517 g/mol. The molecule has 0 spiro atoms. The number of benzene rings is 1. The van der Waals surface area contributed by atoms with Gasteiger partial charge in [-0.25, -0.2) is 0 Å². The third-order valence-corrected chi connectivity index (χ3v) is 5.45. The molecule has 0 aliphatic heterocycles. The van der Waals surface area contributed by atoms with Gasteiger partial charge in [-0.1, -0.05) is 55.5 Å². The van der Waals surface area contributed by atoms with Crippen LogP contribution in [0.5, 0.6) is 0 Å². The molecule has 0 fully saturated rings. The minimum Gasteiger partial charge on any atom is -0.677 e. The topological polar surface area (TPSA) is 44.0 Å². The van der Waals surface area contributed by atoms with Crippen LogP contribution in [0.1, 0.15) is 43.2 Å². The molecule has 2 atom stereocenters. The Balaban J connectivity index is 0.00000196. The molecule has 1 radical (unpaired) electrons. The fourth-order valence-electron chi connectivity index (χ4n) is 4.13. The fraction of sp³-hybridized carbons (Fsp3) is 0.304. The molecule has 3 heteroatoms. The molecular formula is C23H24NORe-. The number of hydrogen-bond donors (Lipinski definition) is 1. The number of aliphatic hydroxyl groups is 1. The van der Waals surface area contributed by atoms with Gasteiger partial charge in [-0.2, -0.15) is 0 Å². The predicted octanol–water partition coefficient (Wildman–Crippen LogP) is 5.50. The standard InChI is InChI=1S/C23H24NO.Re/c1-15-6-7-16(21-5-3-2-4-20(15)21)12-18-13-17(10-11-24)22-9-8-19(25)14-23(18)22;/h2-5,7-9,12-13,15,19,24-25H,6,10-11,14H2,1H3;/q-1;/b18-12+;. The van der Waals surface area contributed by atoms with E-state index < -0.39 is 6.10 Å². The molecule has 3 aliphatic carbocycles. The van der Waals surface area contributed by atoms with Gasteiger partial charge in [0.05, 0.1) is 6.10 Å². The van der Waals surface area contributed by atoms with Gasteiger partial charge in [-0.15, -0.1) is 6.54 Å². The maximum absolute atomic E-state index is 10.1. The first-order chi connectivity index (χ1) is 12.2. The van der Waals surface area contributed by atoms with Crippen molar-refractivity contribution in [3.05, 3.63) is 93.8 Å². The van der Waals surface area contributed by atoms with Gasteiger partial charge in [0.1, 0.15) is 0 Å². The van der Waals surface area contributed by atoms with Crippen LogP contribution in [-0.4, -0.2) is 17.8 Å². The van der Waals surface area contributed by atoms with E-state index in [0.717, 1.165) is 12.8 Å². The van der Waals surface area contributed by atoms with Crippen LogP contribution in [0.25, 0.3) is 11.3 Å². The van der Waals surface area contributed by atoms with Gasteiger partial charge in [0.25, 0.3) is 0 Å². The molecule has 2 unspecified atom stereocenters.